The number of urea groups is 1. The van der Waals surface area contributed by atoms with Crippen molar-refractivity contribution in [3.8, 4) is 22.2 Å². The predicted molar refractivity (Wildman–Crippen MR) is 133 cm³/mol. The smallest absolute Gasteiger partial charge is 0.322 e. The second-order valence-electron chi connectivity index (χ2n) is 8.03. The van der Waals surface area contributed by atoms with Crippen LogP contribution in [-0.4, -0.2) is 26.9 Å². The first-order chi connectivity index (χ1) is 16.4. The van der Waals surface area contributed by atoms with Crippen molar-refractivity contribution in [1.29, 1.82) is 0 Å². The molecule has 2 heterocycles. The number of anilines is 1. The summed E-state index contributed by atoms with van der Waals surface area (Å²) >= 11 is 1.59. The number of benzene rings is 2. The fourth-order valence-corrected chi connectivity index (χ4v) is 4.37. The second kappa shape index (κ2) is 10.4. The minimum atomic E-state index is -0.258. The molecule has 0 unspecified atom stereocenters. The van der Waals surface area contributed by atoms with E-state index in [-0.39, 0.29) is 23.9 Å². The normalized spacial score (nSPS) is 10.9. The fraction of sp³-hybridized carbons (Fsp3) is 0.192. The standard InChI is InChI=1S/C26H25FN4O2S/c1-17(2)31(16-22-10-12-24(34-22)19-5-7-20(27)8-6-19)26(32)30-23-11-9-21(15-18(23)3)33-25-28-13-4-14-29-25/h4-15,17H,16H2,1-3H3,(H,30,32). The fourth-order valence-electron chi connectivity index (χ4n) is 3.36. The van der Waals surface area contributed by atoms with Crippen LogP contribution >= 0.6 is 11.3 Å². The SMILES string of the molecule is Cc1cc(Oc2ncccn2)ccc1NC(=O)N(Cc1ccc(-c2ccc(F)cc2)s1)C(C)C. The Morgan fingerprint density at radius 3 is 2.50 bits per heavy atom. The summed E-state index contributed by atoms with van der Waals surface area (Å²) < 4.78 is 18.9. The Balaban J connectivity index is 1.44. The number of amides is 2. The molecule has 0 bridgehead atoms. The van der Waals surface area contributed by atoms with Gasteiger partial charge in [-0.15, -0.1) is 11.3 Å². The molecule has 8 heteroatoms. The van der Waals surface area contributed by atoms with E-state index in [4.69, 9.17) is 4.74 Å². The van der Waals surface area contributed by atoms with E-state index in [2.05, 4.69) is 15.3 Å². The van der Waals surface area contributed by atoms with E-state index in [1.165, 1.54) is 12.1 Å². The van der Waals surface area contributed by atoms with Gasteiger partial charge in [0.05, 0.1) is 6.54 Å². The first-order valence-corrected chi connectivity index (χ1v) is 11.7. The molecule has 4 rings (SSSR count). The Labute approximate surface area is 202 Å². The lowest BCUT2D eigenvalue weighted by molar-refractivity contribution is 0.194. The third-order valence-electron chi connectivity index (χ3n) is 5.19. The molecule has 2 amide bonds. The first-order valence-electron chi connectivity index (χ1n) is 10.9. The van der Waals surface area contributed by atoms with Gasteiger partial charge < -0.3 is 15.0 Å². The maximum Gasteiger partial charge on any atom is 0.322 e. The summed E-state index contributed by atoms with van der Waals surface area (Å²) in [6, 6.07) is 17.6. The van der Waals surface area contributed by atoms with E-state index in [9.17, 15) is 9.18 Å². The molecule has 6 nitrogen and oxygen atoms in total. The van der Waals surface area contributed by atoms with Gasteiger partial charge in [0, 0.05) is 33.9 Å². The lowest BCUT2D eigenvalue weighted by Crippen LogP contribution is -2.39. The second-order valence-corrected chi connectivity index (χ2v) is 9.20. The van der Waals surface area contributed by atoms with Gasteiger partial charge in [-0.25, -0.2) is 19.2 Å². The summed E-state index contributed by atoms with van der Waals surface area (Å²) in [6.07, 6.45) is 3.22. The van der Waals surface area contributed by atoms with E-state index in [1.807, 2.05) is 45.0 Å². The van der Waals surface area contributed by atoms with Crippen LogP contribution in [0.4, 0.5) is 14.9 Å². The number of hydrogen-bond acceptors (Lipinski definition) is 5. The molecule has 2 aromatic carbocycles. The zero-order chi connectivity index (χ0) is 24.1. The number of carbonyl (C=O) groups is 1. The minimum Gasteiger partial charge on any atom is -0.424 e. The number of halogens is 1. The van der Waals surface area contributed by atoms with Crippen LogP contribution in [0.15, 0.2) is 73.1 Å². The van der Waals surface area contributed by atoms with Crippen LogP contribution in [0, 0.1) is 12.7 Å². The lowest BCUT2D eigenvalue weighted by Gasteiger charge is -2.27. The van der Waals surface area contributed by atoms with Crippen LogP contribution in [0.2, 0.25) is 0 Å². The molecule has 174 valence electrons. The van der Waals surface area contributed by atoms with Gasteiger partial charge in [0.2, 0.25) is 0 Å². The summed E-state index contributed by atoms with van der Waals surface area (Å²) in [5.74, 6) is 0.334. The maximum atomic E-state index is 13.2. The van der Waals surface area contributed by atoms with Gasteiger partial charge in [-0.05, 0) is 80.4 Å². The number of ether oxygens (including phenoxy) is 1. The Kier molecular flexibility index (Phi) is 7.18. The monoisotopic (exact) mass is 476 g/mol. The van der Waals surface area contributed by atoms with Crippen molar-refractivity contribution in [3.05, 3.63) is 89.3 Å². The van der Waals surface area contributed by atoms with Gasteiger partial charge in [0.1, 0.15) is 11.6 Å². The third kappa shape index (κ3) is 5.77. The van der Waals surface area contributed by atoms with Crippen LogP contribution in [0.5, 0.6) is 11.8 Å². The molecule has 0 aliphatic heterocycles. The summed E-state index contributed by atoms with van der Waals surface area (Å²) in [5.41, 5.74) is 2.52. The summed E-state index contributed by atoms with van der Waals surface area (Å²) in [6.45, 7) is 6.35. The topological polar surface area (TPSA) is 67.4 Å². The van der Waals surface area contributed by atoms with E-state index < -0.39 is 0 Å². The Bertz CT molecular complexity index is 1260. The quantitative estimate of drug-likeness (QED) is 0.315. The van der Waals surface area contributed by atoms with Crippen LogP contribution in [0.3, 0.4) is 0 Å². The van der Waals surface area contributed by atoms with Gasteiger partial charge in [0.25, 0.3) is 0 Å². The number of thiophene rings is 1. The largest absolute Gasteiger partial charge is 0.424 e. The number of carbonyl (C=O) groups excluding carboxylic acids is 1. The highest BCUT2D eigenvalue weighted by Crippen LogP contribution is 2.30. The number of nitrogens with zero attached hydrogens (tertiary/aromatic N) is 3. The van der Waals surface area contributed by atoms with Gasteiger partial charge in [-0.2, -0.15) is 0 Å². The highest BCUT2D eigenvalue weighted by Gasteiger charge is 2.19. The molecular formula is C26H25FN4O2S. The zero-order valence-corrected chi connectivity index (χ0v) is 20.0. The summed E-state index contributed by atoms with van der Waals surface area (Å²) in [7, 11) is 0. The molecule has 4 aromatic rings. The number of aryl methyl sites for hydroxylation is 1. The number of rotatable bonds is 7. The molecule has 34 heavy (non-hydrogen) atoms. The first kappa shape index (κ1) is 23.4. The van der Waals surface area contributed by atoms with Gasteiger partial charge in [-0.3, -0.25) is 0 Å². The highest BCUT2D eigenvalue weighted by molar-refractivity contribution is 7.15. The molecule has 0 saturated heterocycles. The van der Waals surface area contributed by atoms with Crippen molar-refractivity contribution < 1.29 is 13.9 Å². The number of aromatic nitrogens is 2. The van der Waals surface area contributed by atoms with Crippen molar-refractivity contribution in [2.75, 3.05) is 5.32 Å². The molecule has 2 aromatic heterocycles. The molecule has 1 N–H and O–H groups in total. The Morgan fingerprint density at radius 2 is 1.82 bits per heavy atom. The van der Waals surface area contributed by atoms with Crippen molar-refractivity contribution in [2.24, 2.45) is 0 Å². The highest BCUT2D eigenvalue weighted by atomic mass is 32.1. The van der Waals surface area contributed by atoms with E-state index in [1.54, 1.807) is 52.9 Å². The molecular weight excluding hydrogens is 451 g/mol. The molecule has 0 saturated carbocycles. The van der Waals surface area contributed by atoms with Gasteiger partial charge >= 0.3 is 12.0 Å². The zero-order valence-electron chi connectivity index (χ0n) is 19.2. The Morgan fingerprint density at radius 1 is 1.09 bits per heavy atom. The third-order valence-corrected chi connectivity index (χ3v) is 6.31. The minimum absolute atomic E-state index is 0.00508. The van der Waals surface area contributed by atoms with E-state index in [0.29, 0.717) is 18.0 Å². The lowest BCUT2D eigenvalue weighted by atomic mass is 10.2. The van der Waals surface area contributed by atoms with Gasteiger partial charge in [0.15, 0.2) is 0 Å². The number of hydrogen-bond donors (Lipinski definition) is 1. The predicted octanol–water partition coefficient (Wildman–Crippen LogP) is 6.89. The van der Waals surface area contributed by atoms with Crippen LogP contribution < -0.4 is 10.1 Å². The molecule has 0 atom stereocenters. The summed E-state index contributed by atoms with van der Waals surface area (Å²) in [4.78, 5) is 25.1. The molecule has 0 radical (unpaired) electrons. The molecule has 0 spiro atoms. The van der Waals surface area contributed by atoms with Crippen molar-refractivity contribution in [3.63, 3.8) is 0 Å². The molecule has 0 fully saturated rings. The van der Waals surface area contributed by atoms with Crippen molar-refractivity contribution in [1.82, 2.24) is 14.9 Å². The van der Waals surface area contributed by atoms with Crippen molar-refractivity contribution >= 4 is 23.1 Å². The number of nitrogens with one attached hydrogen (secondary N) is 1. The van der Waals surface area contributed by atoms with Crippen LogP contribution in [0.1, 0.15) is 24.3 Å². The van der Waals surface area contributed by atoms with Crippen LogP contribution in [0.25, 0.3) is 10.4 Å². The van der Waals surface area contributed by atoms with E-state index >= 15 is 0 Å². The molecule has 0 aliphatic rings. The summed E-state index contributed by atoms with van der Waals surface area (Å²) in [5, 5.41) is 3.01. The molecule has 0 aliphatic carbocycles. The van der Waals surface area contributed by atoms with Gasteiger partial charge in [-0.1, -0.05) is 12.1 Å². The average Bonchev–Trinajstić information content (AvgIpc) is 3.29. The van der Waals surface area contributed by atoms with Crippen LogP contribution in [-0.2, 0) is 6.54 Å². The van der Waals surface area contributed by atoms with E-state index in [0.717, 1.165) is 20.9 Å². The maximum absolute atomic E-state index is 13.2. The van der Waals surface area contributed by atoms with Crippen molar-refractivity contribution in [2.45, 2.75) is 33.4 Å². The Hall–Kier alpha value is -3.78. The average molecular weight is 477 g/mol.